The Labute approximate surface area is 324 Å². The van der Waals surface area contributed by atoms with Gasteiger partial charge in [0.25, 0.3) is 0 Å². The molecule has 11 rings (SSSR count). The zero-order valence-corrected chi connectivity index (χ0v) is 30.6. The zero-order chi connectivity index (χ0) is 37.0. The summed E-state index contributed by atoms with van der Waals surface area (Å²) in [5.74, 6) is 0.858. The summed E-state index contributed by atoms with van der Waals surface area (Å²) in [5, 5.41) is 16.2. The van der Waals surface area contributed by atoms with Crippen LogP contribution >= 0.6 is 0 Å². The van der Waals surface area contributed by atoms with Crippen LogP contribution < -0.4 is 16.0 Å². The lowest BCUT2D eigenvalue weighted by molar-refractivity contribution is 0.434. The molecule has 0 saturated carbocycles. The van der Waals surface area contributed by atoms with Gasteiger partial charge in [0, 0.05) is 50.3 Å². The predicted octanol–water partition coefficient (Wildman–Crippen LogP) is 10.6. The molecule has 2 aliphatic heterocycles. The first-order valence-electron chi connectivity index (χ1n) is 19.2. The molecule has 0 spiro atoms. The second-order valence-electron chi connectivity index (χ2n) is 14.6. The van der Waals surface area contributed by atoms with Crippen LogP contribution in [0.2, 0.25) is 0 Å². The molecule has 6 nitrogen and oxygen atoms in total. The molecule has 2 unspecified atom stereocenters. The molecular formula is C50H38N6. The van der Waals surface area contributed by atoms with Gasteiger partial charge in [0.15, 0.2) is 0 Å². The van der Waals surface area contributed by atoms with Gasteiger partial charge in [0.2, 0.25) is 0 Å². The van der Waals surface area contributed by atoms with E-state index in [1.807, 2.05) is 0 Å². The molecule has 2 aromatic heterocycles. The molecule has 0 amide bonds. The van der Waals surface area contributed by atoms with E-state index < -0.39 is 0 Å². The Bertz CT molecular complexity index is 3010. The smallest absolute Gasteiger partial charge is 0.131 e. The fraction of sp³-hybridized carbons (Fsp3) is 0.0600. The molecule has 3 N–H and O–H groups in total. The predicted molar refractivity (Wildman–Crippen MR) is 232 cm³/mol. The van der Waals surface area contributed by atoms with Gasteiger partial charge in [-0.1, -0.05) is 140 Å². The number of hydrogen-bond acceptors (Lipinski definition) is 4. The van der Waals surface area contributed by atoms with Crippen LogP contribution in [0.4, 0.5) is 0 Å². The highest BCUT2D eigenvalue weighted by molar-refractivity contribution is 6.19. The van der Waals surface area contributed by atoms with Crippen molar-refractivity contribution in [3.63, 3.8) is 0 Å². The van der Waals surface area contributed by atoms with Crippen molar-refractivity contribution >= 4 is 55.1 Å². The molecule has 7 aromatic carbocycles. The maximum atomic E-state index is 5.33. The molecule has 0 bridgehead atoms. The molecule has 2 aliphatic rings. The second kappa shape index (κ2) is 13.3. The van der Waals surface area contributed by atoms with Gasteiger partial charge < -0.3 is 19.8 Å². The van der Waals surface area contributed by atoms with Crippen molar-refractivity contribution in [2.75, 3.05) is 6.54 Å². The van der Waals surface area contributed by atoms with E-state index in [0.717, 1.165) is 33.9 Å². The molecule has 2 atom stereocenters. The van der Waals surface area contributed by atoms with Gasteiger partial charge in [-0.3, -0.25) is 5.32 Å². The number of nitrogens with zero attached hydrogens (tertiary/aromatic N) is 3. The molecule has 0 saturated heterocycles. The molecule has 0 fully saturated rings. The largest absolute Gasteiger partial charge is 0.385 e. The van der Waals surface area contributed by atoms with Crippen molar-refractivity contribution in [2.24, 2.45) is 4.99 Å². The molecule has 0 radical (unpaired) electrons. The summed E-state index contributed by atoms with van der Waals surface area (Å²) in [6, 6.07) is 62.7. The molecular weight excluding hydrogens is 685 g/mol. The summed E-state index contributed by atoms with van der Waals surface area (Å²) < 4.78 is 4.84. The average Bonchev–Trinajstić information content (AvgIpc) is 3.78. The maximum Gasteiger partial charge on any atom is 0.131 e. The summed E-state index contributed by atoms with van der Waals surface area (Å²) in [6.07, 6.45) is 4.01. The summed E-state index contributed by atoms with van der Waals surface area (Å²) >= 11 is 0. The number of aliphatic imine (C=N–C) groups is 1. The second-order valence-corrected chi connectivity index (χ2v) is 14.6. The third-order valence-electron chi connectivity index (χ3n) is 11.2. The monoisotopic (exact) mass is 722 g/mol. The minimum Gasteiger partial charge on any atom is -0.385 e. The topological polar surface area (TPSA) is 58.3 Å². The number of para-hydroxylation sites is 3. The van der Waals surface area contributed by atoms with E-state index >= 15 is 0 Å². The highest BCUT2D eigenvalue weighted by Gasteiger charge is 2.28. The summed E-state index contributed by atoms with van der Waals surface area (Å²) in [4.78, 5) is 5.33. The van der Waals surface area contributed by atoms with Crippen LogP contribution in [-0.4, -0.2) is 27.7 Å². The molecule has 268 valence electrons. The van der Waals surface area contributed by atoms with E-state index in [2.05, 4.69) is 213 Å². The van der Waals surface area contributed by atoms with Gasteiger partial charge in [-0.05, 0) is 59.2 Å². The number of rotatable bonds is 6. The number of aromatic nitrogens is 2. The van der Waals surface area contributed by atoms with Gasteiger partial charge in [-0.2, -0.15) is 0 Å². The lowest BCUT2D eigenvalue weighted by Crippen LogP contribution is -2.49. The van der Waals surface area contributed by atoms with Gasteiger partial charge in [-0.25, -0.2) is 4.99 Å². The van der Waals surface area contributed by atoms with Crippen molar-refractivity contribution in [1.82, 2.24) is 25.1 Å². The standard InChI is InChI=1S/C50H38N6/c1-4-14-33(15-5-1)34-24-26-36(27-25-34)49-52-48(35-16-6-2-7-17-35)53-50(54-49)37-28-39(32-51-31-37)56-45-23-13-11-21-41(45)43-29-42-40-20-10-12-22-44(40)55(46(42)30-47(43)56)38-18-8-3-9-19-38/h1-31,48,50-51,53H,32H2,(H,52,54). The first-order valence-corrected chi connectivity index (χ1v) is 19.2. The van der Waals surface area contributed by atoms with E-state index in [0.29, 0.717) is 6.54 Å². The molecule has 56 heavy (non-hydrogen) atoms. The summed E-state index contributed by atoms with van der Waals surface area (Å²) in [5.41, 5.74) is 12.7. The normalized spacial score (nSPS) is 17.0. The van der Waals surface area contributed by atoms with E-state index in [4.69, 9.17) is 4.99 Å². The highest BCUT2D eigenvalue weighted by Crippen LogP contribution is 2.40. The number of dihydropyridines is 1. The van der Waals surface area contributed by atoms with Crippen LogP contribution in [0.5, 0.6) is 0 Å². The fourth-order valence-corrected chi connectivity index (χ4v) is 8.60. The fourth-order valence-electron chi connectivity index (χ4n) is 8.60. The minimum atomic E-state index is -0.298. The van der Waals surface area contributed by atoms with Crippen molar-refractivity contribution in [3.05, 3.63) is 205 Å². The van der Waals surface area contributed by atoms with Crippen LogP contribution in [0, 0.1) is 0 Å². The number of hydrogen-bond donors (Lipinski definition) is 3. The first kappa shape index (κ1) is 32.3. The quantitative estimate of drug-likeness (QED) is 0.160. The third-order valence-corrected chi connectivity index (χ3v) is 11.2. The van der Waals surface area contributed by atoms with Gasteiger partial charge in [0.1, 0.15) is 18.2 Å². The van der Waals surface area contributed by atoms with Crippen LogP contribution in [-0.2, 0) is 0 Å². The lowest BCUT2D eigenvalue weighted by atomic mass is 10.0. The summed E-state index contributed by atoms with van der Waals surface area (Å²) in [6.45, 7) is 0.682. The third kappa shape index (κ3) is 5.42. The van der Waals surface area contributed by atoms with Crippen LogP contribution in [0.1, 0.15) is 17.3 Å². The van der Waals surface area contributed by atoms with E-state index in [-0.39, 0.29) is 12.3 Å². The SMILES string of the molecule is C1=C(C2N=C(c3ccc(-c4ccccc4)cc3)NC(c3ccccc3)N2)C=C(n2c3ccccc3c3cc4c5ccccc5n(-c5ccccc5)c4cc32)CN1. The van der Waals surface area contributed by atoms with Gasteiger partial charge in [-0.15, -0.1) is 0 Å². The maximum absolute atomic E-state index is 5.33. The van der Waals surface area contributed by atoms with Crippen molar-refractivity contribution in [1.29, 1.82) is 0 Å². The zero-order valence-electron chi connectivity index (χ0n) is 30.6. The Morgan fingerprint density at radius 2 is 1.07 bits per heavy atom. The van der Waals surface area contributed by atoms with Crippen molar-refractivity contribution in [2.45, 2.75) is 12.3 Å². The summed E-state index contributed by atoms with van der Waals surface area (Å²) in [7, 11) is 0. The minimum absolute atomic E-state index is 0.136. The average molecular weight is 723 g/mol. The number of benzene rings is 7. The van der Waals surface area contributed by atoms with Gasteiger partial charge >= 0.3 is 0 Å². The molecule has 9 aromatic rings. The number of fused-ring (bicyclic) bond motifs is 6. The van der Waals surface area contributed by atoms with E-state index in [1.54, 1.807) is 0 Å². The highest BCUT2D eigenvalue weighted by atomic mass is 15.3. The number of nitrogens with one attached hydrogen (secondary N) is 3. The molecule has 4 heterocycles. The van der Waals surface area contributed by atoms with Gasteiger partial charge in [0.05, 0.1) is 28.6 Å². The van der Waals surface area contributed by atoms with Crippen molar-refractivity contribution in [3.8, 4) is 16.8 Å². The lowest BCUT2D eigenvalue weighted by Gasteiger charge is -2.33. The first-order chi connectivity index (χ1) is 27.8. The van der Waals surface area contributed by atoms with Crippen LogP contribution in [0.3, 0.4) is 0 Å². The van der Waals surface area contributed by atoms with Crippen LogP contribution in [0.15, 0.2) is 199 Å². The number of amidine groups is 1. The van der Waals surface area contributed by atoms with Crippen LogP contribution in [0.25, 0.3) is 66.1 Å². The Morgan fingerprint density at radius 3 is 1.79 bits per heavy atom. The molecule has 0 aliphatic carbocycles. The Kier molecular flexibility index (Phi) is 7.67. The van der Waals surface area contributed by atoms with E-state index in [9.17, 15) is 0 Å². The Morgan fingerprint density at radius 1 is 0.500 bits per heavy atom. The molecule has 6 heteroatoms. The van der Waals surface area contributed by atoms with Crippen molar-refractivity contribution < 1.29 is 0 Å². The van der Waals surface area contributed by atoms with E-state index in [1.165, 1.54) is 54.7 Å². The Balaban J connectivity index is 1.05. The Hall–Kier alpha value is -7.15.